The number of nitrogens with zero attached hydrogens (tertiary/aromatic N) is 1. The number of carbonyl (C=O) groups is 1. The smallest absolute Gasteiger partial charge is 0.411 e. The van der Waals surface area contributed by atoms with E-state index in [1.165, 1.54) is 0 Å². The summed E-state index contributed by atoms with van der Waals surface area (Å²) < 4.78 is 5.41. The minimum Gasteiger partial charge on any atom is -0.444 e. The third-order valence-electron chi connectivity index (χ3n) is 3.44. The molecule has 1 aromatic rings. The molecule has 0 fully saturated rings. The molecule has 0 unspecified atom stereocenters. The van der Waals surface area contributed by atoms with Crippen molar-refractivity contribution in [2.75, 3.05) is 13.2 Å². The Morgan fingerprint density at radius 1 is 1.38 bits per heavy atom. The van der Waals surface area contributed by atoms with Gasteiger partial charge in [-0.25, -0.2) is 4.79 Å². The summed E-state index contributed by atoms with van der Waals surface area (Å²) in [4.78, 5) is 13.8. The summed E-state index contributed by atoms with van der Waals surface area (Å²) in [6.45, 7) is 7.92. The largest absolute Gasteiger partial charge is 0.444 e. The van der Waals surface area contributed by atoms with Gasteiger partial charge in [0.15, 0.2) is 0 Å². The molecule has 0 radical (unpaired) electrons. The molecule has 0 aliphatic carbocycles. The first-order valence-corrected chi connectivity index (χ1v) is 7.19. The van der Waals surface area contributed by atoms with Crippen molar-refractivity contribution in [3.63, 3.8) is 0 Å². The lowest BCUT2D eigenvalue weighted by molar-refractivity contribution is 0.0200. The van der Waals surface area contributed by atoms with Gasteiger partial charge in [-0.05, 0) is 44.4 Å². The molecule has 1 aliphatic heterocycles. The van der Waals surface area contributed by atoms with E-state index in [4.69, 9.17) is 4.74 Å². The number of aliphatic hydroxyl groups is 1. The van der Waals surface area contributed by atoms with Crippen LogP contribution in [0.3, 0.4) is 0 Å². The topological polar surface area (TPSA) is 49.8 Å². The van der Waals surface area contributed by atoms with E-state index in [2.05, 4.69) is 0 Å². The summed E-state index contributed by atoms with van der Waals surface area (Å²) in [5, 5.41) is 9.52. The first-order chi connectivity index (χ1) is 9.81. The van der Waals surface area contributed by atoms with Gasteiger partial charge in [0.05, 0.1) is 19.2 Å². The van der Waals surface area contributed by atoms with E-state index in [1.807, 2.05) is 58.0 Å². The number of ether oxygens (including phenoxy) is 1. The molecule has 1 heterocycles. The van der Waals surface area contributed by atoms with Crippen molar-refractivity contribution in [3.8, 4) is 0 Å². The Labute approximate surface area is 126 Å². The highest BCUT2D eigenvalue weighted by molar-refractivity contribution is 5.79. The molecule has 2 rings (SSSR count). The van der Waals surface area contributed by atoms with Gasteiger partial charge in [0, 0.05) is 0 Å². The lowest BCUT2D eigenvalue weighted by Gasteiger charge is -2.27. The summed E-state index contributed by atoms with van der Waals surface area (Å²) in [6.07, 6.45) is 1.56. The Bertz CT molecular complexity index is 557. The maximum Gasteiger partial charge on any atom is 0.411 e. The summed E-state index contributed by atoms with van der Waals surface area (Å²) in [7, 11) is 0. The fourth-order valence-electron chi connectivity index (χ4n) is 2.46. The number of aryl methyl sites for hydroxylation is 1. The first-order valence-electron chi connectivity index (χ1n) is 7.19. The molecule has 0 aromatic heterocycles. The minimum absolute atomic E-state index is 0.103. The third-order valence-corrected chi connectivity index (χ3v) is 3.44. The maximum absolute atomic E-state index is 12.3. The van der Waals surface area contributed by atoms with E-state index < -0.39 is 5.60 Å². The number of rotatable bonds is 2. The van der Waals surface area contributed by atoms with Crippen molar-refractivity contribution in [1.82, 2.24) is 4.90 Å². The number of hydrogen-bond acceptors (Lipinski definition) is 3. The molecule has 0 saturated carbocycles. The lowest BCUT2D eigenvalue weighted by atomic mass is 10.0. The highest BCUT2D eigenvalue weighted by Gasteiger charge is 2.32. The van der Waals surface area contributed by atoms with Crippen LogP contribution in [0.4, 0.5) is 4.79 Å². The molecule has 1 atom stereocenters. The van der Waals surface area contributed by atoms with Crippen LogP contribution in [0, 0.1) is 6.92 Å². The standard InChI is InChI=1S/C17H23NO3/c1-12-7-5-6-8-15(12)13-9-14(11-19)18(10-13)16(20)21-17(2,3)4/h5-9,14,19H,10-11H2,1-4H3/t14-/m0/s1. The van der Waals surface area contributed by atoms with E-state index in [-0.39, 0.29) is 18.7 Å². The molecule has 114 valence electrons. The Balaban J connectivity index is 2.19. The molecule has 4 heteroatoms. The molecule has 0 spiro atoms. The normalized spacial score (nSPS) is 18.6. The van der Waals surface area contributed by atoms with Gasteiger partial charge in [-0.1, -0.05) is 30.3 Å². The maximum atomic E-state index is 12.3. The number of hydrogen-bond donors (Lipinski definition) is 1. The van der Waals surface area contributed by atoms with Crippen LogP contribution < -0.4 is 0 Å². The van der Waals surface area contributed by atoms with Crippen LogP contribution in [0.1, 0.15) is 31.9 Å². The zero-order valence-corrected chi connectivity index (χ0v) is 13.1. The second-order valence-electron chi connectivity index (χ2n) is 6.36. The molecule has 1 amide bonds. The van der Waals surface area contributed by atoms with E-state index in [0.717, 1.165) is 16.7 Å². The van der Waals surface area contributed by atoms with Crippen LogP contribution in [0.25, 0.3) is 5.57 Å². The van der Waals surface area contributed by atoms with Crippen molar-refractivity contribution in [2.24, 2.45) is 0 Å². The lowest BCUT2D eigenvalue weighted by Crippen LogP contribution is -2.41. The summed E-state index contributed by atoms with van der Waals surface area (Å²) in [5.41, 5.74) is 2.79. The van der Waals surface area contributed by atoms with Gasteiger partial charge >= 0.3 is 6.09 Å². The average molecular weight is 289 g/mol. The molecule has 1 N–H and O–H groups in total. The monoisotopic (exact) mass is 289 g/mol. The van der Waals surface area contributed by atoms with Crippen LogP contribution in [-0.4, -0.2) is 40.9 Å². The van der Waals surface area contributed by atoms with Gasteiger partial charge < -0.3 is 9.84 Å². The van der Waals surface area contributed by atoms with Gasteiger partial charge in [-0.2, -0.15) is 0 Å². The fraction of sp³-hybridized carbons (Fsp3) is 0.471. The Morgan fingerprint density at radius 3 is 2.62 bits per heavy atom. The fourth-order valence-corrected chi connectivity index (χ4v) is 2.46. The van der Waals surface area contributed by atoms with Crippen molar-refractivity contribution >= 4 is 11.7 Å². The van der Waals surface area contributed by atoms with Gasteiger partial charge in [0.25, 0.3) is 0 Å². The molecular weight excluding hydrogens is 266 g/mol. The van der Waals surface area contributed by atoms with Crippen molar-refractivity contribution in [2.45, 2.75) is 39.3 Å². The molecular formula is C17H23NO3. The predicted molar refractivity (Wildman–Crippen MR) is 83.0 cm³/mol. The van der Waals surface area contributed by atoms with Crippen molar-refractivity contribution < 1.29 is 14.6 Å². The van der Waals surface area contributed by atoms with Crippen molar-refractivity contribution in [3.05, 3.63) is 41.5 Å². The zero-order valence-electron chi connectivity index (χ0n) is 13.1. The third kappa shape index (κ3) is 3.64. The minimum atomic E-state index is -0.539. The van der Waals surface area contributed by atoms with Crippen LogP contribution in [0.5, 0.6) is 0 Å². The summed E-state index contributed by atoms with van der Waals surface area (Å²) in [6, 6.07) is 7.72. The first kappa shape index (κ1) is 15.6. The summed E-state index contributed by atoms with van der Waals surface area (Å²) >= 11 is 0. The van der Waals surface area contributed by atoms with Gasteiger partial charge in [0.2, 0.25) is 0 Å². The average Bonchev–Trinajstić information content (AvgIpc) is 2.81. The quantitative estimate of drug-likeness (QED) is 0.910. The zero-order chi connectivity index (χ0) is 15.6. The van der Waals surface area contributed by atoms with Crippen LogP contribution in [0.15, 0.2) is 30.3 Å². The van der Waals surface area contributed by atoms with Gasteiger partial charge in [0.1, 0.15) is 5.60 Å². The summed E-state index contributed by atoms with van der Waals surface area (Å²) in [5.74, 6) is 0. The van der Waals surface area contributed by atoms with Crippen LogP contribution >= 0.6 is 0 Å². The SMILES string of the molecule is Cc1ccccc1C1=C[C@@H](CO)N(C(=O)OC(C)(C)C)C1. The highest BCUT2D eigenvalue weighted by atomic mass is 16.6. The molecule has 0 saturated heterocycles. The molecule has 21 heavy (non-hydrogen) atoms. The van der Waals surface area contributed by atoms with Crippen LogP contribution in [0.2, 0.25) is 0 Å². The highest BCUT2D eigenvalue weighted by Crippen LogP contribution is 2.28. The van der Waals surface area contributed by atoms with Crippen LogP contribution in [-0.2, 0) is 4.74 Å². The van der Waals surface area contributed by atoms with E-state index >= 15 is 0 Å². The number of amides is 1. The van der Waals surface area contributed by atoms with E-state index in [9.17, 15) is 9.90 Å². The van der Waals surface area contributed by atoms with E-state index in [1.54, 1.807) is 4.90 Å². The Kier molecular flexibility index (Phi) is 4.37. The Hall–Kier alpha value is -1.81. The van der Waals surface area contributed by atoms with Gasteiger partial charge in [-0.15, -0.1) is 0 Å². The second kappa shape index (κ2) is 5.90. The van der Waals surface area contributed by atoms with Gasteiger partial charge in [-0.3, -0.25) is 4.90 Å². The predicted octanol–water partition coefficient (Wildman–Crippen LogP) is 2.99. The Morgan fingerprint density at radius 2 is 2.05 bits per heavy atom. The molecule has 1 aromatic carbocycles. The number of carbonyl (C=O) groups excluding carboxylic acids is 1. The van der Waals surface area contributed by atoms with E-state index in [0.29, 0.717) is 6.54 Å². The molecule has 1 aliphatic rings. The van der Waals surface area contributed by atoms with Crippen molar-refractivity contribution in [1.29, 1.82) is 0 Å². The number of aliphatic hydroxyl groups excluding tert-OH is 1. The molecule has 4 nitrogen and oxygen atoms in total. The molecule has 0 bridgehead atoms. The second-order valence-corrected chi connectivity index (χ2v) is 6.36. The number of benzene rings is 1.